The maximum absolute atomic E-state index is 13.2. The topological polar surface area (TPSA) is 231 Å². The van der Waals surface area contributed by atoms with E-state index in [0.29, 0.717) is 53.3 Å². The molecule has 9 heterocycles. The first-order chi connectivity index (χ1) is 40.5. The van der Waals surface area contributed by atoms with Gasteiger partial charge in [0.2, 0.25) is 11.8 Å². The number of carbonyl (C=O) groups is 3. The lowest BCUT2D eigenvalue weighted by molar-refractivity contribution is -0.138. The second-order valence-electron chi connectivity index (χ2n) is 19.7. The number of anilines is 3. The Kier molecular flexibility index (Phi) is 19.8. The number of carbonyl (C=O) groups excluding carboxylic acids is 2. The maximum atomic E-state index is 13.2. The summed E-state index contributed by atoms with van der Waals surface area (Å²) in [5.41, 5.74) is 9.80. The molecule has 3 aliphatic rings. The van der Waals surface area contributed by atoms with Crippen molar-refractivity contribution in [3.05, 3.63) is 165 Å². The van der Waals surface area contributed by atoms with Crippen molar-refractivity contribution in [3.63, 3.8) is 0 Å². The molecule has 3 aromatic carbocycles. The van der Waals surface area contributed by atoms with Gasteiger partial charge >= 0.3 is 5.97 Å². The van der Waals surface area contributed by atoms with Gasteiger partial charge in [0.15, 0.2) is 14.9 Å². The zero-order valence-corrected chi connectivity index (χ0v) is 53.2. The number of carboxylic acids is 1. The Morgan fingerprint density at radius 1 is 0.565 bits per heavy atom. The average molecular weight is 1470 g/mol. The predicted molar refractivity (Wildman–Crippen MR) is 331 cm³/mol. The van der Waals surface area contributed by atoms with Crippen LogP contribution in [0.1, 0.15) is 53.4 Å². The molecule has 3 aliphatic heterocycles. The van der Waals surface area contributed by atoms with Crippen molar-refractivity contribution in [2.24, 2.45) is 0 Å². The molecule has 446 valence electrons. The first-order valence-electron chi connectivity index (χ1n) is 26.2. The lowest BCUT2D eigenvalue weighted by Gasteiger charge is -2.27. The normalized spacial score (nSPS) is 13.5. The number of benzene rings is 3. The Morgan fingerprint density at radius 2 is 0.941 bits per heavy atom. The van der Waals surface area contributed by atoms with Crippen molar-refractivity contribution in [2.45, 2.75) is 84.0 Å². The van der Waals surface area contributed by atoms with E-state index in [1.54, 1.807) is 86.5 Å². The Morgan fingerprint density at radius 3 is 1.33 bits per heavy atom. The summed E-state index contributed by atoms with van der Waals surface area (Å²) in [5.74, 6) is -2.08. The van der Waals surface area contributed by atoms with E-state index in [9.17, 15) is 36.0 Å². The van der Waals surface area contributed by atoms with Gasteiger partial charge in [-0.1, -0.05) is 34.8 Å². The third-order valence-electron chi connectivity index (χ3n) is 14.0. The zero-order valence-electron chi connectivity index (χ0n) is 45.8. The number of aromatic nitrogens is 12. The molecule has 12 rings (SSSR count). The van der Waals surface area contributed by atoms with Gasteiger partial charge in [0.1, 0.15) is 49.5 Å². The molecule has 0 fully saturated rings. The van der Waals surface area contributed by atoms with Crippen LogP contribution in [0.5, 0.6) is 0 Å². The van der Waals surface area contributed by atoms with Gasteiger partial charge in [0.25, 0.3) is 0 Å². The van der Waals surface area contributed by atoms with Crippen molar-refractivity contribution in [1.29, 1.82) is 0 Å². The quantitative estimate of drug-likeness (QED) is 0.122. The van der Waals surface area contributed by atoms with Crippen molar-refractivity contribution < 1.29 is 41.1 Å². The monoisotopic (exact) mass is 1470 g/mol. The van der Waals surface area contributed by atoms with E-state index < -0.39 is 15.8 Å². The standard InChI is InChI=1S/C19H19ClFN5O3S.C18H16ClFIN5O.C12H12FN3.C6H6ClIN2O2/c1-12-18(20)19(30(2,28)29)23-25(12)11-17(27)24-9-3-4-15-16(24)10-22-26(15)14-7-5-13(21)6-8-14;1-11-17(19)18(21)23-25(11)10-16(27)24-8-2-3-14-15(24)9-22-26(14)13-6-4-12(20)5-7-13;13-9-3-5-10(6-4-9)16-12-2-1-7-14-11(12)8-15-16;1-3-5(7)6(8)9-10(3)2-4(11)12/h5-8,10H,3-4,9,11H2,1-2H3;4-7,9H,2-3,8,10H2,1H3;3-6,8,14H,1-2,7H2;2H2,1H3,(H,11,12). The number of aliphatic carboxylic acids is 1. The van der Waals surface area contributed by atoms with Crippen molar-refractivity contribution in [1.82, 2.24) is 58.7 Å². The minimum atomic E-state index is -3.60. The van der Waals surface area contributed by atoms with Gasteiger partial charge in [-0.3, -0.25) is 28.4 Å². The van der Waals surface area contributed by atoms with E-state index in [-0.39, 0.29) is 58.9 Å². The SMILES string of the molecule is Cc1c(Cl)c(I)nn1CC(=O)N1CCCc2c1cnn2-c1ccc(F)cc1.Cc1c(Cl)c(I)nn1CC(=O)O.Cc1c(Cl)c(S(C)(=O)=O)nn1CC(=O)N1CCCc2c1cnn2-c1ccc(F)cc1.Fc1ccc(-n2ncc3c2CCCN3)cc1. The number of hydrogen-bond donors (Lipinski definition) is 2. The first kappa shape index (κ1) is 62.7. The highest BCUT2D eigenvalue weighted by molar-refractivity contribution is 14.1. The van der Waals surface area contributed by atoms with Crippen LogP contribution in [0.2, 0.25) is 15.1 Å². The molecule has 2 amide bonds. The molecule has 0 bridgehead atoms. The maximum Gasteiger partial charge on any atom is 0.325 e. The molecule has 85 heavy (non-hydrogen) atoms. The summed E-state index contributed by atoms with van der Waals surface area (Å²) in [6.45, 7) is 7.17. The minimum Gasteiger partial charge on any atom is -0.480 e. The number of amides is 2. The highest BCUT2D eigenvalue weighted by Gasteiger charge is 2.31. The Balaban J connectivity index is 0.000000143. The average Bonchev–Trinajstić information content (AvgIpc) is 2.78. The summed E-state index contributed by atoms with van der Waals surface area (Å²) in [5, 5.41) is 38.1. The van der Waals surface area contributed by atoms with Gasteiger partial charge in [-0.25, -0.2) is 35.6 Å². The van der Waals surface area contributed by atoms with Crippen LogP contribution in [0, 0.1) is 45.6 Å². The van der Waals surface area contributed by atoms with Gasteiger partial charge in [-0.2, -0.15) is 30.6 Å². The molecule has 0 radical (unpaired) electrons. The van der Waals surface area contributed by atoms with Gasteiger partial charge < -0.3 is 20.2 Å². The van der Waals surface area contributed by atoms with E-state index in [1.165, 1.54) is 51.5 Å². The fourth-order valence-corrected chi connectivity index (χ4v) is 12.4. The molecular weight excluding hydrogens is 1420 g/mol. The summed E-state index contributed by atoms with van der Waals surface area (Å²) in [4.78, 5) is 39.6. The number of fused-ring (bicyclic) bond motifs is 3. The zero-order chi connectivity index (χ0) is 61.0. The molecule has 0 atom stereocenters. The van der Waals surface area contributed by atoms with E-state index in [2.05, 4.69) is 58.5 Å². The summed E-state index contributed by atoms with van der Waals surface area (Å²) >= 11 is 22.1. The Bertz CT molecular complexity index is 4060. The lowest BCUT2D eigenvalue weighted by Crippen LogP contribution is -2.38. The number of sulfone groups is 1. The van der Waals surface area contributed by atoms with Gasteiger partial charge in [-0.15, -0.1) is 0 Å². The molecule has 21 nitrogen and oxygen atoms in total. The summed E-state index contributed by atoms with van der Waals surface area (Å²) in [7, 11) is -3.60. The Hall–Kier alpha value is -6.80. The van der Waals surface area contributed by atoms with Crippen LogP contribution in [0.4, 0.5) is 30.2 Å². The highest BCUT2D eigenvalue weighted by Crippen LogP contribution is 2.33. The van der Waals surface area contributed by atoms with Crippen LogP contribution in [0.25, 0.3) is 17.1 Å². The highest BCUT2D eigenvalue weighted by atomic mass is 127. The number of hydrogen-bond acceptors (Lipinski definition) is 12. The van der Waals surface area contributed by atoms with Crippen LogP contribution >= 0.6 is 80.0 Å². The fraction of sp³-hybridized carbons (Fsp3) is 0.291. The number of nitrogens with zero attached hydrogens (tertiary/aromatic N) is 14. The van der Waals surface area contributed by atoms with E-state index in [0.717, 1.165) is 91.2 Å². The first-order valence-corrected chi connectivity index (χ1v) is 31.4. The number of halogens is 8. The molecule has 0 saturated heterocycles. The number of rotatable bonds is 10. The molecule has 6 aromatic heterocycles. The molecular formula is C55H53Cl3F3I2N15O6S. The summed E-state index contributed by atoms with van der Waals surface area (Å²) < 4.78 is 73.9. The second-order valence-corrected chi connectivity index (χ2v) is 24.8. The van der Waals surface area contributed by atoms with Crippen LogP contribution < -0.4 is 15.1 Å². The van der Waals surface area contributed by atoms with E-state index in [1.807, 2.05) is 40.4 Å². The molecule has 0 unspecified atom stereocenters. The summed E-state index contributed by atoms with van der Waals surface area (Å²) in [6.07, 6.45) is 11.4. The molecule has 0 aliphatic carbocycles. The number of carboxylic acid groups (broad SMARTS) is 1. The summed E-state index contributed by atoms with van der Waals surface area (Å²) in [6, 6.07) is 18.6. The van der Waals surface area contributed by atoms with Crippen molar-refractivity contribution in [2.75, 3.05) is 41.0 Å². The number of nitrogens with one attached hydrogen (secondary N) is 1. The fourth-order valence-electron chi connectivity index (χ4n) is 9.60. The van der Waals surface area contributed by atoms with Crippen LogP contribution in [-0.2, 0) is 63.1 Å². The van der Waals surface area contributed by atoms with Crippen molar-refractivity contribution in [3.8, 4) is 17.1 Å². The Labute approximate surface area is 527 Å². The third-order valence-corrected chi connectivity index (χ3v) is 18.6. The third kappa shape index (κ3) is 14.2. The molecule has 0 saturated carbocycles. The van der Waals surface area contributed by atoms with Crippen LogP contribution in [0.15, 0.2) is 96.4 Å². The van der Waals surface area contributed by atoms with Crippen molar-refractivity contribution >= 4 is 125 Å². The van der Waals surface area contributed by atoms with E-state index in [4.69, 9.17) is 39.9 Å². The van der Waals surface area contributed by atoms with E-state index >= 15 is 0 Å². The lowest BCUT2D eigenvalue weighted by atomic mass is 10.1. The largest absolute Gasteiger partial charge is 0.480 e. The van der Waals surface area contributed by atoms with Crippen LogP contribution in [0.3, 0.4) is 0 Å². The molecule has 2 N–H and O–H groups in total. The van der Waals surface area contributed by atoms with Gasteiger partial charge in [0.05, 0.1) is 96.9 Å². The molecule has 9 aromatic rings. The molecule has 30 heteroatoms. The van der Waals surface area contributed by atoms with Crippen LogP contribution in [-0.4, -0.2) is 116 Å². The minimum absolute atomic E-state index is 0.0220. The van der Waals surface area contributed by atoms with Gasteiger partial charge in [-0.05, 0) is 177 Å². The van der Waals surface area contributed by atoms with Gasteiger partial charge in [0, 0.05) is 25.9 Å². The second kappa shape index (κ2) is 26.9. The molecule has 0 spiro atoms. The predicted octanol–water partition coefficient (Wildman–Crippen LogP) is 10.2. The smallest absolute Gasteiger partial charge is 0.325 e.